The van der Waals surface area contributed by atoms with Gasteiger partial charge >= 0.3 is 0 Å². The summed E-state index contributed by atoms with van der Waals surface area (Å²) in [6.07, 6.45) is 5.86. The molecular weight excluding hydrogens is 280 g/mol. The van der Waals surface area contributed by atoms with Crippen molar-refractivity contribution in [1.82, 2.24) is 4.98 Å². The second kappa shape index (κ2) is 5.83. The van der Waals surface area contributed by atoms with E-state index in [1.54, 1.807) is 0 Å². The lowest BCUT2D eigenvalue weighted by atomic mass is 10.1. The van der Waals surface area contributed by atoms with Crippen LogP contribution in [0.25, 0.3) is 0 Å². The normalized spacial score (nSPS) is 20.3. The van der Waals surface area contributed by atoms with Crippen LogP contribution in [0.2, 0.25) is 0 Å². The molecule has 0 aliphatic carbocycles. The van der Waals surface area contributed by atoms with Crippen LogP contribution >= 0.6 is 15.9 Å². The van der Waals surface area contributed by atoms with Crippen molar-refractivity contribution in [1.29, 1.82) is 0 Å². The molecule has 0 spiro atoms. The van der Waals surface area contributed by atoms with Crippen LogP contribution in [-0.2, 0) is 4.74 Å². The lowest BCUT2D eigenvalue weighted by Gasteiger charge is -2.28. The van der Waals surface area contributed by atoms with Gasteiger partial charge in [0.2, 0.25) is 0 Å². The molecule has 1 fully saturated rings. The monoisotopic (exact) mass is 298 g/mol. The third kappa shape index (κ3) is 3.42. The molecule has 0 radical (unpaired) electrons. The summed E-state index contributed by atoms with van der Waals surface area (Å²) in [5.41, 5.74) is 1.19. The molecule has 1 aliphatic rings. The maximum absolute atomic E-state index is 5.75. The Bertz CT molecular complexity index is 378. The van der Waals surface area contributed by atoms with Gasteiger partial charge in [-0.05, 0) is 53.7 Å². The van der Waals surface area contributed by atoms with Crippen molar-refractivity contribution in [3.63, 3.8) is 0 Å². The molecule has 2 rings (SSSR count). The van der Waals surface area contributed by atoms with Crippen molar-refractivity contribution in [2.24, 2.45) is 0 Å². The van der Waals surface area contributed by atoms with Gasteiger partial charge in [0.1, 0.15) is 5.82 Å². The van der Waals surface area contributed by atoms with Gasteiger partial charge in [0.15, 0.2) is 0 Å². The number of hydrogen-bond acceptors (Lipinski definition) is 3. The molecular formula is C13H19BrN2O. The van der Waals surface area contributed by atoms with E-state index in [-0.39, 0.29) is 0 Å². The Balaban J connectivity index is 2.00. The minimum atomic E-state index is 0.360. The van der Waals surface area contributed by atoms with Gasteiger partial charge in [0.05, 0.1) is 6.10 Å². The predicted molar refractivity (Wildman–Crippen MR) is 73.5 cm³/mol. The molecule has 1 aliphatic heterocycles. The van der Waals surface area contributed by atoms with E-state index >= 15 is 0 Å². The molecule has 3 nitrogen and oxygen atoms in total. The van der Waals surface area contributed by atoms with Crippen LogP contribution in [0.3, 0.4) is 0 Å². The summed E-state index contributed by atoms with van der Waals surface area (Å²) < 4.78 is 6.78. The average Bonchev–Trinajstić information content (AvgIpc) is 2.30. The third-order valence-corrected chi connectivity index (χ3v) is 3.56. The lowest BCUT2D eigenvalue weighted by Crippen LogP contribution is -2.34. The number of likely N-dealkylation sites (N-methyl/N-ethyl adjacent to an activating group) is 1. The topological polar surface area (TPSA) is 25.4 Å². The number of pyridine rings is 1. The number of rotatable bonds is 3. The zero-order valence-corrected chi connectivity index (χ0v) is 12.0. The van der Waals surface area contributed by atoms with E-state index in [1.807, 2.05) is 6.20 Å². The van der Waals surface area contributed by atoms with Gasteiger partial charge in [0, 0.05) is 30.9 Å². The Morgan fingerprint density at radius 2 is 2.35 bits per heavy atom. The van der Waals surface area contributed by atoms with Gasteiger partial charge in [-0.1, -0.05) is 0 Å². The van der Waals surface area contributed by atoms with Gasteiger partial charge in [-0.15, -0.1) is 0 Å². The molecule has 4 heteroatoms. The number of anilines is 1. The quantitative estimate of drug-likeness (QED) is 0.857. The molecule has 1 aromatic rings. The fourth-order valence-electron chi connectivity index (χ4n) is 2.28. The highest BCUT2D eigenvalue weighted by atomic mass is 79.9. The smallest absolute Gasteiger partial charge is 0.131 e. The number of ether oxygens (including phenoxy) is 1. The van der Waals surface area contributed by atoms with Crippen LogP contribution in [0.5, 0.6) is 0 Å². The van der Waals surface area contributed by atoms with E-state index < -0.39 is 0 Å². The highest BCUT2D eigenvalue weighted by molar-refractivity contribution is 9.10. The summed E-state index contributed by atoms with van der Waals surface area (Å²) in [6.45, 7) is 3.92. The SMILES string of the molecule is Cc1cc(Br)cnc1N(C)CC1CCCCO1. The predicted octanol–water partition coefficient (Wildman–Crippen LogP) is 3.16. The largest absolute Gasteiger partial charge is 0.376 e. The van der Waals surface area contributed by atoms with Crippen molar-refractivity contribution >= 4 is 21.7 Å². The lowest BCUT2D eigenvalue weighted by molar-refractivity contribution is 0.0215. The van der Waals surface area contributed by atoms with Crippen molar-refractivity contribution in [2.75, 3.05) is 25.1 Å². The Morgan fingerprint density at radius 3 is 3.00 bits per heavy atom. The van der Waals surface area contributed by atoms with Crippen LogP contribution in [0.15, 0.2) is 16.7 Å². The van der Waals surface area contributed by atoms with Crippen molar-refractivity contribution in [3.8, 4) is 0 Å². The summed E-state index contributed by atoms with van der Waals surface area (Å²) in [4.78, 5) is 6.66. The van der Waals surface area contributed by atoms with E-state index in [9.17, 15) is 0 Å². The fraction of sp³-hybridized carbons (Fsp3) is 0.615. The third-order valence-electron chi connectivity index (χ3n) is 3.13. The van der Waals surface area contributed by atoms with E-state index in [2.05, 4.69) is 45.9 Å². The summed E-state index contributed by atoms with van der Waals surface area (Å²) in [5.74, 6) is 1.04. The van der Waals surface area contributed by atoms with Gasteiger partial charge < -0.3 is 9.64 Å². The van der Waals surface area contributed by atoms with E-state index in [0.717, 1.165) is 23.4 Å². The molecule has 2 heterocycles. The standard InChI is InChI=1S/C13H19BrN2O/c1-10-7-11(14)8-15-13(10)16(2)9-12-5-3-4-6-17-12/h7-8,12H,3-6,9H2,1-2H3. The molecule has 0 amide bonds. The maximum Gasteiger partial charge on any atom is 0.131 e. The molecule has 1 unspecified atom stereocenters. The van der Waals surface area contributed by atoms with E-state index in [1.165, 1.54) is 24.8 Å². The number of aromatic nitrogens is 1. The van der Waals surface area contributed by atoms with Gasteiger partial charge in [-0.3, -0.25) is 0 Å². The van der Waals surface area contributed by atoms with Crippen LogP contribution in [0.4, 0.5) is 5.82 Å². The molecule has 1 saturated heterocycles. The first kappa shape index (κ1) is 12.8. The second-order valence-electron chi connectivity index (χ2n) is 4.66. The molecule has 1 atom stereocenters. The van der Waals surface area contributed by atoms with Gasteiger partial charge in [0.25, 0.3) is 0 Å². The Kier molecular flexibility index (Phi) is 4.40. The highest BCUT2D eigenvalue weighted by Crippen LogP contribution is 2.21. The van der Waals surface area contributed by atoms with Crippen molar-refractivity contribution < 1.29 is 4.74 Å². The fourth-order valence-corrected chi connectivity index (χ4v) is 2.72. The minimum Gasteiger partial charge on any atom is -0.376 e. The molecule has 17 heavy (non-hydrogen) atoms. The first-order chi connectivity index (χ1) is 8.16. The number of halogens is 1. The Hall–Kier alpha value is -0.610. The minimum absolute atomic E-state index is 0.360. The van der Waals surface area contributed by atoms with Crippen LogP contribution < -0.4 is 4.90 Å². The number of hydrogen-bond donors (Lipinski definition) is 0. The van der Waals surface area contributed by atoms with Crippen LogP contribution in [-0.4, -0.2) is 31.3 Å². The highest BCUT2D eigenvalue weighted by Gasteiger charge is 2.17. The van der Waals surface area contributed by atoms with E-state index in [4.69, 9.17) is 4.74 Å². The van der Waals surface area contributed by atoms with Crippen molar-refractivity contribution in [3.05, 3.63) is 22.3 Å². The summed E-state index contributed by atoms with van der Waals surface area (Å²) in [7, 11) is 2.08. The molecule has 1 aromatic heterocycles. The zero-order valence-electron chi connectivity index (χ0n) is 10.4. The molecule has 0 bridgehead atoms. The first-order valence-corrected chi connectivity index (χ1v) is 6.91. The van der Waals surface area contributed by atoms with Crippen LogP contribution in [0.1, 0.15) is 24.8 Å². The van der Waals surface area contributed by atoms with Gasteiger partial charge in [-0.2, -0.15) is 0 Å². The average molecular weight is 299 g/mol. The van der Waals surface area contributed by atoms with Crippen LogP contribution in [0, 0.1) is 6.92 Å². The first-order valence-electron chi connectivity index (χ1n) is 6.11. The number of nitrogens with zero attached hydrogens (tertiary/aromatic N) is 2. The van der Waals surface area contributed by atoms with E-state index in [0.29, 0.717) is 6.10 Å². The molecule has 0 aromatic carbocycles. The maximum atomic E-state index is 5.75. The molecule has 94 valence electrons. The second-order valence-corrected chi connectivity index (χ2v) is 5.58. The van der Waals surface area contributed by atoms with Gasteiger partial charge in [-0.25, -0.2) is 4.98 Å². The van der Waals surface area contributed by atoms with Crippen molar-refractivity contribution in [2.45, 2.75) is 32.3 Å². The summed E-state index contributed by atoms with van der Waals surface area (Å²) >= 11 is 3.44. The Morgan fingerprint density at radius 1 is 1.53 bits per heavy atom. The zero-order chi connectivity index (χ0) is 12.3. The summed E-state index contributed by atoms with van der Waals surface area (Å²) in [6, 6.07) is 2.10. The summed E-state index contributed by atoms with van der Waals surface area (Å²) in [5, 5.41) is 0. The number of aryl methyl sites for hydroxylation is 1. The molecule has 0 N–H and O–H groups in total. The molecule has 0 saturated carbocycles. The Labute approximate surface area is 111 Å².